The monoisotopic (exact) mass is 787 g/mol. The minimum Gasteiger partial charge on any atom is -0.497 e. The average molecular weight is 788 g/mol. The largest absolute Gasteiger partial charge is 0.497 e. The van der Waals surface area contributed by atoms with Crippen LogP contribution in [0.5, 0.6) is 17.2 Å². The Hall–Kier alpha value is -4.96. The number of hydrogen-bond donors (Lipinski definition) is 2. The summed E-state index contributed by atoms with van der Waals surface area (Å²) < 4.78 is 17.3. The van der Waals surface area contributed by atoms with Crippen molar-refractivity contribution in [2.45, 2.75) is 89.9 Å². The summed E-state index contributed by atoms with van der Waals surface area (Å²) in [5.41, 5.74) is 2.21. The van der Waals surface area contributed by atoms with Gasteiger partial charge in [-0.25, -0.2) is 4.79 Å². The van der Waals surface area contributed by atoms with Gasteiger partial charge in [0.2, 0.25) is 5.78 Å². The normalized spacial score (nSPS) is 22.3. The van der Waals surface area contributed by atoms with Crippen LogP contribution in [-0.2, 0) is 13.0 Å². The predicted octanol–water partition coefficient (Wildman–Crippen LogP) is 10.2. The van der Waals surface area contributed by atoms with E-state index >= 15 is 0 Å². The number of benzene rings is 4. The van der Waals surface area contributed by atoms with Crippen molar-refractivity contribution in [3.8, 4) is 17.2 Å². The van der Waals surface area contributed by atoms with Gasteiger partial charge in [0.05, 0.1) is 43.9 Å². The second-order valence-electron chi connectivity index (χ2n) is 16.1. The second-order valence-corrected chi connectivity index (χ2v) is 17.4. The Morgan fingerprint density at radius 3 is 2.42 bits per heavy atom. The fraction of sp³-hybridized carbons (Fsp3) is 0.375. The van der Waals surface area contributed by atoms with E-state index in [1.165, 1.54) is 16.9 Å². The Labute approximate surface area is 339 Å². The van der Waals surface area contributed by atoms with E-state index in [1.807, 2.05) is 85.8 Å². The van der Waals surface area contributed by atoms with E-state index in [0.29, 0.717) is 66.2 Å². The van der Waals surface area contributed by atoms with Gasteiger partial charge in [-0.05, 0) is 129 Å². The Balaban J connectivity index is 1.30. The molecule has 1 amide bonds. The first-order valence-electron chi connectivity index (χ1n) is 19.9. The smallest absolute Gasteiger partial charge is 0.415 e. The molecule has 0 aliphatic heterocycles. The lowest BCUT2D eigenvalue weighted by atomic mass is 9.64. The quantitative estimate of drug-likeness (QED) is 0.113. The first-order valence-corrected chi connectivity index (χ1v) is 20.7. The predicted molar refractivity (Wildman–Crippen MR) is 226 cm³/mol. The molecule has 9 heteroatoms. The number of ether oxygens (including phenoxy) is 3. The third-order valence-corrected chi connectivity index (χ3v) is 13.4. The lowest BCUT2D eigenvalue weighted by molar-refractivity contribution is -0.0802. The molecule has 1 fully saturated rings. The van der Waals surface area contributed by atoms with Gasteiger partial charge in [-0.2, -0.15) is 0 Å². The Kier molecular flexibility index (Phi) is 11.9. The zero-order valence-corrected chi connectivity index (χ0v) is 34.4. The number of fused-ring (bicyclic) bond motifs is 9. The highest BCUT2D eigenvalue weighted by Gasteiger charge is 2.58. The molecule has 1 saturated carbocycles. The van der Waals surface area contributed by atoms with E-state index in [4.69, 9.17) is 14.2 Å². The molecular formula is C48H53NO7S. The lowest BCUT2D eigenvalue weighted by Crippen LogP contribution is -2.54. The minimum atomic E-state index is -1.37. The number of hydrogen-bond acceptors (Lipinski definition) is 8. The summed E-state index contributed by atoms with van der Waals surface area (Å²) in [6.45, 7) is 6.32. The lowest BCUT2D eigenvalue weighted by Gasteiger charge is -2.46. The van der Waals surface area contributed by atoms with Gasteiger partial charge in [-0.15, -0.1) is 11.3 Å². The van der Waals surface area contributed by atoms with E-state index in [-0.39, 0.29) is 24.8 Å². The number of nitrogens with zero attached hydrogens (tertiary/aromatic N) is 1. The molecule has 8 nitrogen and oxygen atoms in total. The van der Waals surface area contributed by atoms with Gasteiger partial charge in [0.15, 0.2) is 0 Å². The summed E-state index contributed by atoms with van der Waals surface area (Å²) >= 11 is 1.48. The van der Waals surface area contributed by atoms with Crippen LogP contribution in [0.4, 0.5) is 4.79 Å². The van der Waals surface area contributed by atoms with Gasteiger partial charge < -0.3 is 29.3 Å². The van der Waals surface area contributed by atoms with Crippen molar-refractivity contribution in [2.24, 2.45) is 5.41 Å². The first-order chi connectivity index (χ1) is 27.4. The molecule has 0 radical (unpaired) electrons. The average Bonchev–Trinajstić information content (AvgIpc) is 3.75. The van der Waals surface area contributed by atoms with Crippen molar-refractivity contribution in [1.29, 1.82) is 0 Å². The molecule has 57 heavy (non-hydrogen) atoms. The third kappa shape index (κ3) is 8.52. The highest BCUT2D eigenvalue weighted by molar-refractivity contribution is 7.14. The van der Waals surface area contributed by atoms with Crippen LogP contribution in [0.2, 0.25) is 0 Å². The minimum absolute atomic E-state index is 0.0119. The number of aryl methyl sites for hydroxylation is 1. The summed E-state index contributed by atoms with van der Waals surface area (Å²) in [5.74, 6) is 1.33. The maximum absolute atomic E-state index is 14.5. The highest BCUT2D eigenvalue weighted by atomic mass is 32.1. The molecular weight excluding hydrogens is 735 g/mol. The van der Waals surface area contributed by atoms with E-state index in [0.717, 1.165) is 38.8 Å². The molecule has 1 heterocycles. The number of aliphatic hydroxyl groups is 2. The fourth-order valence-electron chi connectivity index (χ4n) is 8.97. The molecule has 298 valence electrons. The van der Waals surface area contributed by atoms with Crippen molar-refractivity contribution >= 4 is 34.0 Å². The van der Waals surface area contributed by atoms with Crippen LogP contribution in [-0.4, -0.2) is 59.5 Å². The number of carbonyl (C=O) groups is 2. The van der Waals surface area contributed by atoms with Gasteiger partial charge in [-0.1, -0.05) is 61.0 Å². The van der Waals surface area contributed by atoms with Gasteiger partial charge in [-0.3, -0.25) is 4.79 Å². The number of carbonyl (C=O) groups excluding carboxylic acids is 2. The summed E-state index contributed by atoms with van der Waals surface area (Å²) in [6.07, 6.45) is 5.24. The van der Waals surface area contributed by atoms with E-state index in [2.05, 4.69) is 19.9 Å². The van der Waals surface area contributed by atoms with Crippen molar-refractivity contribution in [1.82, 2.24) is 4.90 Å². The Morgan fingerprint density at radius 1 is 0.877 bits per heavy atom. The first kappa shape index (κ1) is 40.2. The number of aliphatic hydroxyl groups excluding tert-OH is 1. The topological polar surface area (TPSA) is 106 Å². The molecule has 4 atom stereocenters. The summed E-state index contributed by atoms with van der Waals surface area (Å²) in [4.78, 5) is 32.2. The Morgan fingerprint density at radius 2 is 1.67 bits per heavy atom. The van der Waals surface area contributed by atoms with Crippen molar-refractivity contribution < 1.29 is 34.0 Å². The number of methoxy groups -OCH3 is 2. The molecule has 8 rings (SSSR count). The molecule has 0 unspecified atom stereocenters. The van der Waals surface area contributed by atoms with Crippen molar-refractivity contribution in [3.05, 3.63) is 135 Å². The van der Waals surface area contributed by atoms with Gasteiger partial charge in [0, 0.05) is 27.5 Å². The van der Waals surface area contributed by atoms with Crippen LogP contribution in [0.15, 0.2) is 103 Å². The second kappa shape index (κ2) is 16.9. The molecule has 4 aromatic carbocycles. The van der Waals surface area contributed by atoms with Crippen LogP contribution in [0, 0.1) is 12.3 Å². The Bertz CT molecular complexity index is 2300. The number of ketones is 1. The number of amides is 1. The van der Waals surface area contributed by atoms with Gasteiger partial charge in [0.25, 0.3) is 0 Å². The standard InChI is InChI=1S/C48H53NO7S/c1-31-9-8-23-47(3)42(40-20-14-33(25-37(50)17-12-31)26-41(40)45(51)44-21-13-32(2)57-44)22-24-48(47,53)30-49(29-36-16-18-38(54-4)28-43(36)55-5)46(52)56-39-19-15-34-10-6-7-11-35(34)27-39/h6-7,9-11,13-16,18-21,26-28,37,42,50,53H,8,12,17,22-25,29-30H2,1-5H3/t37-,42-,47-,48+/m0/s1. The van der Waals surface area contributed by atoms with Crippen LogP contribution in [0.1, 0.15) is 95.1 Å². The summed E-state index contributed by atoms with van der Waals surface area (Å²) in [6, 6.07) is 28.8. The number of rotatable bonds is 9. The molecule has 5 aromatic rings. The zero-order chi connectivity index (χ0) is 40.3. The van der Waals surface area contributed by atoms with Crippen LogP contribution in [0.3, 0.4) is 0 Å². The fourth-order valence-corrected chi connectivity index (χ4v) is 9.79. The highest BCUT2D eigenvalue weighted by Crippen LogP contribution is 2.59. The third-order valence-electron chi connectivity index (χ3n) is 12.4. The van der Waals surface area contributed by atoms with Crippen molar-refractivity contribution in [3.63, 3.8) is 0 Å². The van der Waals surface area contributed by atoms with E-state index in [1.54, 1.807) is 31.3 Å². The molecule has 3 aliphatic carbocycles. The van der Waals surface area contributed by atoms with Crippen LogP contribution in [0.25, 0.3) is 10.8 Å². The van der Waals surface area contributed by atoms with Crippen LogP contribution < -0.4 is 14.2 Å². The number of allylic oxidation sites excluding steroid dienone is 2. The van der Waals surface area contributed by atoms with E-state index < -0.39 is 23.2 Å². The molecule has 2 N–H and O–H groups in total. The molecule has 2 bridgehead atoms. The van der Waals surface area contributed by atoms with Gasteiger partial charge in [0.1, 0.15) is 17.2 Å². The molecule has 1 aromatic heterocycles. The molecule has 0 saturated heterocycles. The molecule has 3 aliphatic rings. The zero-order valence-electron chi connectivity index (χ0n) is 33.5. The van der Waals surface area contributed by atoms with E-state index in [9.17, 15) is 19.8 Å². The molecule has 0 spiro atoms. The maximum atomic E-state index is 14.5. The SMILES string of the molecule is COc1ccc(CN(C[C@]2(O)CC[C@H]3c4ccc(cc4C(=O)c4ccc(C)s4)C[C@@H](O)CCC(C)=CCC[C@@]32C)C(=O)Oc2ccc3ccccc3c2)c(OC)c1. The van der Waals surface area contributed by atoms with Crippen molar-refractivity contribution in [2.75, 3.05) is 20.8 Å². The maximum Gasteiger partial charge on any atom is 0.415 e. The van der Waals surface area contributed by atoms with Gasteiger partial charge >= 0.3 is 6.09 Å². The summed E-state index contributed by atoms with van der Waals surface area (Å²) in [7, 11) is 3.17. The van der Waals surface area contributed by atoms with Crippen LogP contribution >= 0.6 is 11.3 Å². The number of thiophene rings is 1. The summed E-state index contributed by atoms with van der Waals surface area (Å²) in [5, 5.41) is 26.2.